The fourth-order valence-corrected chi connectivity index (χ4v) is 2.61. The first-order valence-electron chi connectivity index (χ1n) is 6.02. The molecule has 0 bridgehead atoms. The van der Waals surface area contributed by atoms with Gasteiger partial charge in [-0.2, -0.15) is 0 Å². The van der Waals surface area contributed by atoms with Crippen LogP contribution in [0.15, 0.2) is 18.3 Å². The van der Waals surface area contributed by atoms with Gasteiger partial charge in [0, 0.05) is 30.4 Å². The predicted octanol–water partition coefficient (Wildman–Crippen LogP) is 2.62. The minimum atomic E-state index is 0.0703. The van der Waals surface area contributed by atoms with E-state index in [2.05, 4.69) is 4.98 Å². The number of amides is 1. The van der Waals surface area contributed by atoms with Crippen molar-refractivity contribution in [2.75, 3.05) is 12.4 Å². The topological polar surface area (TPSA) is 33.2 Å². The molecule has 1 aromatic rings. The van der Waals surface area contributed by atoms with Crippen molar-refractivity contribution in [3.63, 3.8) is 0 Å². The number of carbonyl (C=O) groups is 1. The normalized spacial score (nSPS) is 20.4. The van der Waals surface area contributed by atoms with Gasteiger partial charge in [-0.25, -0.2) is 0 Å². The number of nitrogens with zero attached hydrogens (tertiary/aromatic N) is 2. The van der Waals surface area contributed by atoms with Crippen LogP contribution in [-0.2, 0) is 0 Å². The van der Waals surface area contributed by atoms with Crippen molar-refractivity contribution in [3.8, 4) is 0 Å². The summed E-state index contributed by atoms with van der Waals surface area (Å²) in [6, 6.07) is 3.82. The molecule has 92 valence electrons. The van der Waals surface area contributed by atoms with Crippen molar-refractivity contribution < 1.29 is 4.79 Å². The van der Waals surface area contributed by atoms with Crippen molar-refractivity contribution >= 4 is 17.5 Å². The van der Waals surface area contributed by atoms with Gasteiger partial charge in [-0.05, 0) is 38.3 Å². The lowest BCUT2D eigenvalue weighted by molar-refractivity contribution is 0.0638. The second-order valence-electron chi connectivity index (χ2n) is 4.44. The van der Waals surface area contributed by atoms with Crippen LogP contribution in [0.3, 0.4) is 0 Å². The summed E-state index contributed by atoms with van der Waals surface area (Å²) in [5.74, 6) is 0.589. The van der Waals surface area contributed by atoms with E-state index < -0.39 is 0 Å². The monoisotopic (exact) mass is 252 g/mol. The Bertz CT molecular complexity index is 408. The number of hydrogen-bond donors (Lipinski definition) is 0. The van der Waals surface area contributed by atoms with Gasteiger partial charge in [0.25, 0.3) is 5.91 Å². The highest BCUT2D eigenvalue weighted by Crippen LogP contribution is 2.21. The lowest BCUT2D eigenvalue weighted by Gasteiger charge is -2.34. The van der Waals surface area contributed by atoms with Crippen LogP contribution < -0.4 is 0 Å². The molecule has 1 unspecified atom stereocenters. The maximum Gasteiger partial charge on any atom is 0.255 e. The van der Waals surface area contributed by atoms with Crippen LogP contribution in [-0.4, -0.2) is 34.3 Å². The Labute approximate surface area is 107 Å². The molecule has 2 rings (SSSR count). The molecule has 3 nitrogen and oxygen atoms in total. The largest absolute Gasteiger partial charge is 0.334 e. The van der Waals surface area contributed by atoms with Crippen molar-refractivity contribution in [2.24, 2.45) is 0 Å². The first-order chi connectivity index (χ1) is 8.24. The van der Waals surface area contributed by atoms with Gasteiger partial charge in [0.2, 0.25) is 0 Å². The fourth-order valence-electron chi connectivity index (χ4n) is 2.29. The number of hydrogen-bond acceptors (Lipinski definition) is 2. The summed E-state index contributed by atoms with van der Waals surface area (Å²) in [4.78, 5) is 18.5. The van der Waals surface area contributed by atoms with Crippen molar-refractivity contribution in [1.82, 2.24) is 9.88 Å². The lowest BCUT2D eigenvalue weighted by Crippen LogP contribution is -2.45. The first-order valence-corrected chi connectivity index (χ1v) is 6.56. The van der Waals surface area contributed by atoms with E-state index in [-0.39, 0.29) is 11.9 Å². The van der Waals surface area contributed by atoms with Crippen molar-refractivity contribution in [3.05, 3.63) is 29.6 Å². The van der Waals surface area contributed by atoms with E-state index in [4.69, 9.17) is 11.6 Å². The van der Waals surface area contributed by atoms with Crippen LogP contribution in [0.25, 0.3) is 0 Å². The summed E-state index contributed by atoms with van der Waals surface area (Å²) in [6.07, 6.45) is 4.95. The molecule has 0 radical (unpaired) electrons. The Hall–Kier alpha value is -1.09. The second-order valence-corrected chi connectivity index (χ2v) is 4.75. The molecule has 1 aromatic heterocycles. The van der Waals surface area contributed by atoms with Crippen LogP contribution in [0.5, 0.6) is 0 Å². The van der Waals surface area contributed by atoms with Crippen molar-refractivity contribution in [1.29, 1.82) is 0 Å². The summed E-state index contributed by atoms with van der Waals surface area (Å²) in [5.41, 5.74) is 1.49. The Kier molecular flexibility index (Phi) is 4.00. The number of halogens is 1. The number of alkyl halides is 1. The van der Waals surface area contributed by atoms with E-state index in [9.17, 15) is 4.79 Å². The average molecular weight is 253 g/mol. The number of rotatable bonds is 2. The molecule has 17 heavy (non-hydrogen) atoms. The van der Waals surface area contributed by atoms with Crippen LogP contribution in [0, 0.1) is 6.92 Å². The molecule has 2 heterocycles. The Balaban J connectivity index is 2.21. The second kappa shape index (κ2) is 5.50. The first kappa shape index (κ1) is 12.4. The van der Waals surface area contributed by atoms with Crippen LogP contribution in [0.2, 0.25) is 0 Å². The number of carbonyl (C=O) groups excluding carboxylic acids is 1. The highest BCUT2D eigenvalue weighted by molar-refractivity contribution is 6.18. The lowest BCUT2D eigenvalue weighted by atomic mass is 10.0. The highest BCUT2D eigenvalue weighted by atomic mass is 35.5. The zero-order valence-corrected chi connectivity index (χ0v) is 10.8. The van der Waals surface area contributed by atoms with Gasteiger partial charge < -0.3 is 4.90 Å². The van der Waals surface area contributed by atoms with Gasteiger partial charge in [-0.15, -0.1) is 11.6 Å². The van der Waals surface area contributed by atoms with Gasteiger partial charge in [0.1, 0.15) is 0 Å². The van der Waals surface area contributed by atoms with E-state index in [0.717, 1.165) is 31.5 Å². The quantitative estimate of drug-likeness (QED) is 0.758. The molecule has 1 amide bonds. The molecule has 4 heteroatoms. The molecule has 1 fully saturated rings. The third-order valence-electron chi connectivity index (χ3n) is 3.30. The van der Waals surface area contributed by atoms with Gasteiger partial charge in [-0.1, -0.05) is 0 Å². The summed E-state index contributed by atoms with van der Waals surface area (Å²) in [7, 11) is 0. The van der Waals surface area contributed by atoms with Crippen molar-refractivity contribution in [2.45, 2.75) is 32.2 Å². The minimum absolute atomic E-state index is 0.0703. The summed E-state index contributed by atoms with van der Waals surface area (Å²) >= 11 is 5.94. The number of aromatic nitrogens is 1. The maximum absolute atomic E-state index is 12.4. The molecule has 0 saturated carbocycles. The van der Waals surface area contributed by atoms with E-state index in [1.807, 2.05) is 17.9 Å². The molecular weight excluding hydrogens is 236 g/mol. The van der Waals surface area contributed by atoms with Gasteiger partial charge in [-0.3, -0.25) is 9.78 Å². The number of pyridine rings is 1. The fraction of sp³-hybridized carbons (Fsp3) is 0.538. The third kappa shape index (κ3) is 2.60. The highest BCUT2D eigenvalue weighted by Gasteiger charge is 2.27. The predicted molar refractivity (Wildman–Crippen MR) is 68.4 cm³/mol. The smallest absolute Gasteiger partial charge is 0.255 e. The molecule has 0 aromatic carbocycles. The average Bonchev–Trinajstić information content (AvgIpc) is 2.38. The molecule has 0 N–H and O–H groups in total. The molecule has 1 aliphatic rings. The van der Waals surface area contributed by atoms with E-state index >= 15 is 0 Å². The van der Waals surface area contributed by atoms with E-state index in [1.54, 1.807) is 12.3 Å². The minimum Gasteiger partial charge on any atom is -0.334 e. The zero-order valence-electron chi connectivity index (χ0n) is 10.0. The van der Waals surface area contributed by atoms with Crippen LogP contribution >= 0.6 is 11.6 Å². The Morgan fingerprint density at radius 2 is 2.41 bits per heavy atom. The zero-order chi connectivity index (χ0) is 12.3. The standard InChI is InChI=1S/C13H17ClN2O/c1-10-12(6-4-7-15-10)13(17)16-8-3-2-5-11(16)9-14/h4,6-7,11H,2-3,5,8-9H2,1H3. The summed E-state index contributed by atoms with van der Waals surface area (Å²) in [5, 5.41) is 0. The Morgan fingerprint density at radius 1 is 1.59 bits per heavy atom. The van der Waals surface area contributed by atoms with Gasteiger partial charge >= 0.3 is 0 Å². The molecular formula is C13H17ClN2O. The Morgan fingerprint density at radius 3 is 3.12 bits per heavy atom. The maximum atomic E-state index is 12.4. The van der Waals surface area contributed by atoms with E-state index in [1.165, 1.54) is 0 Å². The number of aryl methyl sites for hydroxylation is 1. The van der Waals surface area contributed by atoms with E-state index in [0.29, 0.717) is 11.4 Å². The molecule has 1 atom stereocenters. The SMILES string of the molecule is Cc1ncccc1C(=O)N1CCCCC1CCl. The summed E-state index contributed by atoms with van der Waals surface area (Å²) < 4.78 is 0. The number of likely N-dealkylation sites (tertiary alicyclic amines) is 1. The number of piperidine rings is 1. The molecule has 1 aliphatic heterocycles. The van der Waals surface area contributed by atoms with Gasteiger partial charge in [0.05, 0.1) is 5.56 Å². The third-order valence-corrected chi connectivity index (χ3v) is 3.66. The molecule has 1 saturated heterocycles. The van der Waals surface area contributed by atoms with Crippen LogP contribution in [0.1, 0.15) is 35.3 Å². The molecule has 0 spiro atoms. The summed E-state index contributed by atoms with van der Waals surface area (Å²) in [6.45, 7) is 2.68. The van der Waals surface area contributed by atoms with Gasteiger partial charge in [0.15, 0.2) is 0 Å². The van der Waals surface area contributed by atoms with Crippen LogP contribution in [0.4, 0.5) is 0 Å². The molecule has 0 aliphatic carbocycles.